The second kappa shape index (κ2) is 11.0. The number of nitrogen functional groups attached to an aromatic ring is 1. The molecule has 6 rings (SSSR count). The fourth-order valence-electron chi connectivity index (χ4n) is 6.47. The standard InChI is InChI=1S/C29H33N7O6/c30-23-15-20(4-6-24(23)36(41)42)33-12-10-32(11-13-33)16-18-2-1-9-34(17-18)19-3-5-21-22(14-19)29(40)35(28(21)39)25-7-8-26(37)31-27(25)38/h3-6,14-15,18,25H,1-2,7-13,16-17,30H2,(H,31,37,38)/i3D. The summed E-state index contributed by atoms with van der Waals surface area (Å²) in [6, 6.07) is 6.99. The molecule has 0 aromatic heterocycles. The maximum Gasteiger partial charge on any atom is 0.292 e. The van der Waals surface area contributed by atoms with Crippen LogP contribution >= 0.6 is 0 Å². The average molecular weight is 577 g/mol. The number of carbonyl (C=O) groups is 4. The number of nitro groups is 1. The number of anilines is 3. The van der Waals surface area contributed by atoms with E-state index in [-0.39, 0.29) is 41.4 Å². The molecule has 4 aliphatic heterocycles. The fourth-order valence-corrected chi connectivity index (χ4v) is 6.47. The molecule has 220 valence electrons. The minimum Gasteiger partial charge on any atom is -0.393 e. The Morgan fingerprint density at radius 1 is 0.952 bits per heavy atom. The molecule has 3 fully saturated rings. The lowest BCUT2D eigenvalue weighted by Gasteiger charge is -2.40. The first-order valence-corrected chi connectivity index (χ1v) is 14.2. The molecule has 0 aliphatic carbocycles. The zero-order chi connectivity index (χ0) is 30.4. The molecule has 0 radical (unpaired) electrons. The highest BCUT2D eigenvalue weighted by molar-refractivity contribution is 6.23. The predicted molar refractivity (Wildman–Crippen MR) is 154 cm³/mol. The molecule has 3 saturated heterocycles. The third-order valence-corrected chi connectivity index (χ3v) is 8.68. The van der Waals surface area contributed by atoms with Crippen molar-refractivity contribution in [1.82, 2.24) is 15.1 Å². The van der Waals surface area contributed by atoms with Gasteiger partial charge in [0.15, 0.2) is 0 Å². The number of nitrogens with zero attached hydrogens (tertiary/aromatic N) is 5. The molecule has 2 aromatic carbocycles. The van der Waals surface area contributed by atoms with Crippen molar-refractivity contribution in [2.45, 2.75) is 31.7 Å². The van der Waals surface area contributed by atoms with Gasteiger partial charge in [-0.1, -0.05) is 0 Å². The SMILES string of the molecule is [2H]c1cc2c(cc1N1CCCC(CN3CCN(c4ccc([N+](=O)[O-])c(N)c4)CC3)C1)C(=O)N(C1CCC(=O)NC1=O)C2=O. The molecule has 0 saturated carbocycles. The van der Waals surface area contributed by atoms with E-state index in [9.17, 15) is 29.3 Å². The topological polar surface area (TPSA) is 162 Å². The molecule has 42 heavy (non-hydrogen) atoms. The van der Waals surface area contributed by atoms with Crippen molar-refractivity contribution in [2.75, 3.05) is 61.3 Å². The van der Waals surface area contributed by atoms with Gasteiger partial charge in [-0.25, -0.2) is 0 Å². The van der Waals surface area contributed by atoms with Gasteiger partial charge in [0, 0.05) is 69.7 Å². The number of benzene rings is 2. The summed E-state index contributed by atoms with van der Waals surface area (Å²) in [5.41, 5.74) is 7.71. The first kappa shape index (κ1) is 26.4. The summed E-state index contributed by atoms with van der Waals surface area (Å²) >= 11 is 0. The number of hydrogen-bond donors (Lipinski definition) is 2. The minimum atomic E-state index is -1.04. The van der Waals surface area contributed by atoms with E-state index in [1.54, 1.807) is 18.2 Å². The third-order valence-electron chi connectivity index (χ3n) is 8.68. The van der Waals surface area contributed by atoms with Crippen LogP contribution < -0.4 is 20.9 Å². The quantitative estimate of drug-likeness (QED) is 0.224. The number of nitrogens with two attached hydrogens (primary N) is 1. The summed E-state index contributed by atoms with van der Waals surface area (Å²) in [7, 11) is 0. The molecule has 2 unspecified atom stereocenters. The van der Waals surface area contributed by atoms with E-state index in [4.69, 9.17) is 7.10 Å². The summed E-state index contributed by atoms with van der Waals surface area (Å²) in [6.07, 6.45) is 2.10. The van der Waals surface area contributed by atoms with Crippen LogP contribution in [-0.2, 0) is 9.59 Å². The highest BCUT2D eigenvalue weighted by atomic mass is 16.6. The van der Waals surface area contributed by atoms with Crippen molar-refractivity contribution < 1.29 is 25.5 Å². The number of amides is 4. The van der Waals surface area contributed by atoms with E-state index in [2.05, 4.69) is 20.0 Å². The van der Waals surface area contributed by atoms with Crippen LogP contribution in [0, 0.1) is 16.0 Å². The van der Waals surface area contributed by atoms with Gasteiger partial charge in [-0.15, -0.1) is 0 Å². The normalized spacial score (nSPS) is 23.6. The van der Waals surface area contributed by atoms with Crippen molar-refractivity contribution in [1.29, 1.82) is 0 Å². The lowest BCUT2D eigenvalue weighted by molar-refractivity contribution is -0.383. The Labute approximate surface area is 243 Å². The molecule has 13 heteroatoms. The highest BCUT2D eigenvalue weighted by Gasteiger charge is 2.44. The molecule has 4 aliphatic rings. The number of hydrogen-bond acceptors (Lipinski definition) is 10. The first-order chi connectivity index (χ1) is 20.6. The van der Waals surface area contributed by atoms with Crippen molar-refractivity contribution in [3.8, 4) is 0 Å². The van der Waals surface area contributed by atoms with Crippen LogP contribution in [-0.4, -0.2) is 90.2 Å². The zero-order valence-electron chi connectivity index (χ0n) is 24.1. The van der Waals surface area contributed by atoms with E-state index in [1.807, 2.05) is 0 Å². The molecule has 4 amide bonds. The van der Waals surface area contributed by atoms with Gasteiger partial charge in [0.2, 0.25) is 11.8 Å². The van der Waals surface area contributed by atoms with Crippen LogP contribution in [0.15, 0.2) is 36.4 Å². The maximum atomic E-state index is 13.3. The number of piperazine rings is 1. The molecule has 2 atom stereocenters. The molecule has 4 heterocycles. The van der Waals surface area contributed by atoms with Gasteiger partial charge in [-0.05, 0) is 55.5 Å². The Kier molecular flexibility index (Phi) is 6.94. The lowest BCUT2D eigenvalue weighted by Crippen LogP contribution is -2.54. The number of rotatable bonds is 6. The van der Waals surface area contributed by atoms with Crippen LogP contribution in [0.4, 0.5) is 22.7 Å². The Morgan fingerprint density at radius 2 is 1.71 bits per heavy atom. The number of nitrogens with one attached hydrogen (secondary N) is 1. The van der Waals surface area contributed by atoms with E-state index >= 15 is 0 Å². The van der Waals surface area contributed by atoms with Gasteiger partial charge < -0.3 is 15.5 Å². The van der Waals surface area contributed by atoms with Crippen LogP contribution in [0.3, 0.4) is 0 Å². The monoisotopic (exact) mass is 576 g/mol. The summed E-state index contributed by atoms with van der Waals surface area (Å²) in [4.78, 5) is 68.6. The van der Waals surface area contributed by atoms with Gasteiger partial charge in [-0.2, -0.15) is 0 Å². The first-order valence-electron chi connectivity index (χ1n) is 14.7. The Hall–Kier alpha value is -4.52. The Balaban J connectivity index is 1.09. The van der Waals surface area contributed by atoms with Gasteiger partial charge in [0.05, 0.1) is 17.4 Å². The minimum absolute atomic E-state index is 0.0502. The lowest BCUT2D eigenvalue weighted by atomic mass is 9.96. The molecule has 13 nitrogen and oxygen atoms in total. The largest absolute Gasteiger partial charge is 0.393 e. The van der Waals surface area contributed by atoms with E-state index in [0.29, 0.717) is 18.2 Å². The van der Waals surface area contributed by atoms with Crippen LogP contribution in [0.2, 0.25) is 0 Å². The van der Waals surface area contributed by atoms with Gasteiger partial charge in [-0.3, -0.25) is 44.4 Å². The fraction of sp³-hybridized carbons (Fsp3) is 0.448. The van der Waals surface area contributed by atoms with Gasteiger partial charge in [0.25, 0.3) is 17.5 Å². The molecule has 0 bridgehead atoms. The Bertz CT molecular complexity index is 1520. The summed E-state index contributed by atoms with van der Waals surface area (Å²) in [5, 5.41) is 13.3. The highest BCUT2D eigenvalue weighted by Crippen LogP contribution is 2.33. The second-order valence-electron chi connectivity index (χ2n) is 11.3. The van der Waals surface area contributed by atoms with Crippen molar-refractivity contribution in [2.24, 2.45) is 5.92 Å². The smallest absolute Gasteiger partial charge is 0.292 e. The zero-order valence-corrected chi connectivity index (χ0v) is 23.1. The molecular formula is C29H33N7O6. The predicted octanol–water partition coefficient (Wildman–Crippen LogP) is 1.62. The summed E-state index contributed by atoms with van der Waals surface area (Å²) in [5.74, 6) is -1.92. The van der Waals surface area contributed by atoms with Crippen molar-refractivity contribution in [3.05, 3.63) is 57.6 Å². The van der Waals surface area contributed by atoms with Crippen LogP contribution in [0.25, 0.3) is 0 Å². The second-order valence-corrected chi connectivity index (χ2v) is 11.3. The number of piperidine rings is 2. The molecule has 2 aromatic rings. The van der Waals surface area contributed by atoms with E-state index < -0.39 is 34.6 Å². The molecule has 0 spiro atoms. The van der Waals surface area contributed by atoms with E-state index in [0.717, 1.165) is 62.7 Å². The van der Waals surface area contributed by atoms with Crippen LogP contribution in [0.1, 0.15) is 47.8 Å². The number of carbonyl (C=O) groups excluding carboxylic acids is 4. The summed E-state index contributed by atoms with van der Waals surface area (Å²) < 4.78 is 8.67. The number of nitro benzene ring substituents is 1. The maximum absolute atomic E-state index is 13.3. The molecule has 3 N–H and O–H groups in total. The Morgan fingerprint density at radius 3 is 2.43 bits per heavy atom. The van der Waals surface area contributed by atoms with Crippen LogP contribution in [0.5, 0.6) is 0 Å². The third kappa shape index (κ3) is 5.15. The number of fused-ring (bicyclic) bond motifs is 1. The average Bonchev–Trinajstić information content (AvgIpc) is 3.21. The van der Waals surface area contributed by atoms with Crippen molar-refractivity contribution >= 4 is 46.4 Å². The number of imide groups is 2. The summed E-state index contributed by atoms with van der Waals surface area (Å²) in [6.45, 7) is 5.54. The van der Waals surface area contributed by atoms with Gasteiger partial charge in [0.1, 0.15) is 11.7 Å². The van der Waals surface area contributed by atoms with E-state index in [1.165, 1.54) is 12.1 Å². The molecular weight excluding hydrogens is 542 g/mol. The van der Waals surface area contributed by atoms with Gasteiger partial charge >= 0.3 is 0 Å². The van der Waals surface area contributed by atoms with Crippen molar-refractivity contribution in [3.63, 3.8) is 0 Å².